The van der Waals surface area contributed by atoms with Crippen LogP contribution in [0.4, 0.5) is 24.5 Å². The summed E-state index contributed by atoms with van der Waals surface area (Å²) in [6.45, 7) is 3.77. The third-order valence-corrected chi connectivity index (χ3v) is 5.24. The Morgan fingerprint density at radius 2 is 1.52 bits per heavy atom. The van der Waals surface area contributed by atoms with E-state index in [0.29, 0.717) is 11.3 Å². The van der Waals surface area contributed by atoms with Crippen molar-refractivity contribution in [3.05, 3.63) is 101 Å². The van der Waals surface area contributed by atoms with Crippen LogP contribution < -0.4 is 10.2 Å². The minimum Gasteiger partial charge on any atom is -0.350 e. The lowest BCUT2D eigenvalue weighted by atomic mass is 10.0. The molecule has 3 aromatic carbocycles. The summed E-state index contributed by atoms with van der Waals surface area (Å²) in [5.74, 6) is -4.23. The molecule has 3 aromatic rings. The van der Waals surface area contributed by atoms with Crippen LogP contribution >= 0.6 is 0 Å². The number of carbonyl (C=O) groups is 2. The Hall–Kier alpha value is -3.87. The Balaban J connectivity index is 1.85. The van der Waals surface area contributed by atoms with E-state index >= 15 is 0 Å². The first-order valence-corrected chi connectivity index (χ1v) is 9.45. The van der Waals surface area contributed by atoms with E-state index in [1.165, 1.54) is 24.3 Å². The average molecular weight is 422 g/mol. The summed E-state index contributed by atoms with van der Waals surface area (Å²) < 4.78 is 40.6. The Labute approximate surface area is 176 Å². The van der Waals surface area contributed by atoms with Crippen LogP contribution in [-0.4, -0.2) is 11.8 Å². The molecule has 0 aliphatic carbocycles. The number of nitrogens with zero attached hydrogens (tertiary/aromatic N) is 1. The maximum absolute atomic E-state index is 13.8. The molecular weight excluding hydrogens is 405 g/mol. The van der Waals surface area contributed by atoms with E-state index in [-0.39, 0.29) is 17.0 Å². The molecule has 2 amide bonds. The average Bonchev–Trinajstić information content (AvgIpc) is 2.98. The van der Waals surface area contributed by atoms with Crippen LogP contribution in [0, 0.1) is 31.3 Å². The number of imide groups is 1. The van der Waals surface area contributed by atoms with Gasteiger partial charge in [0.05, 0.1) is 11.3 Å². The normalized spacial score (nSPS) is 13.9. The number of nitrogens with one attached hydrogen (secondary N) is 1. The third-order valence-electron chi connectivity index (χ3n) is 5.24. The molecule has 4 nitrogen and oxygen atoms in total. The van der Waals surface area contributed by atoms with Gasteiger partial charge in [0.15, 0.2) is 11.6 Å². The highest BCUT2D eigenvalue weighted by atomic mass is 19.2. The van der Waals surface area contributed by atoms with Gasteiger partial charge in [-0.05, 0) is 60.9 Å². The summed E-state index contributed by atoms with van der Waals surface area (Å²) >= 11 is 0. The molecule has 0 atom stereocenters. The molecule has 0 aromatic heterocycles. The molecule has 156 valence electrons. The number of rotatable bonds is 4. The third kappa shape index (κ3) is 3.59. The minimum absolute atomic E-state index is 0.00985. The number of benzene rings is 3. The zero-order valence-corrected chi connectivity index (χ0v) is 16.7. The van der Waals surface area contributed by atoms with Crippen molar-refractivity contribution in [3.8, 4) is 0 Å². The first-order chi connectivity index (χ1) is 14.8. The van der Waals surface area contributed by atoms with E-state index in [9.17, 15) is 22.8 Å². The summed E-state index contributed by atoms with van der Waals surface area (Å²) in [7, 11) is 0. The van der Waals surface area contributed by atoms with Gasteiger partial charge < -0.3 is 5.32 Å². The fraction of sp³-hybridized carbons (Fsp3) is 0.0833. The number of hydrogen-bond acceptors (Lipinski definition) is 3. The van der Waals surface area contributed by atoms with Crippen LogP contribution in [0.3, 0.4) is 0 Å². The van der Waals surface area contributed by atoms with Crippen molar-refractivity contribution in [2.24, 2.45) is 0 Å². The van der Waals surface area contributed by atoms with E-state index in [1.807, 2.05) is 19.9 Å². The van der Waals surface area contributed by atoms with E-state index in [4.69, 9.17) is 0 Å². The maximum atomic E-state index is 13.8. The molecule has 0 saturated carbocycles. The fourth-order valence-corrected chi connectivity index (χ4v) is 3.41. The molecule has 1 N–H and O–H groups in total. The molecular formula is C24H17F3N2O2. The number of aryl methyl sites for hydroxylation is 1. The SMILES string of the molecule is Cc1cccc(NC2=C(c3ccc(F)cc3)C(=O)N(c3ccc(F)c(F)c3)C2=O)c1C. The molecule has 1 heterocycles. The van der Waals surface area contributed by atoms with Gasteiger partial charge in [-0.2, -0.15) is 0 Å². The van der Waals surface area contributed by atoms with Crippen LogP contribution in [0.5, 0.6) is 0 Å². The van der Waals surface area contributed by atoms with E-state index in [0.717, 1.165) is 34.2 Å². The molecule has 0 spiro atoms. The lowest BCUT2D eigenvalue weighted by Crippen LogP contribution is -2.32. The summed E-state index contributed by atoms with van der Waals surface area (Å²) in [4.78, 5) is 27.3. The van der Waals surface area contributed by atoms with Gasteiger partial charge in [-0.3, -0.25) is 9.59 Å². The molecule has 7 heteroatoms. The molecule has 1 aliphatic rings. The van der Waals surface area contributed by atoms with Crippen molar-refractivity contribution < 1.29 is 22.8 Å². The number of halogens is 3. The van der Waals surface area contributed by atoms with Gasteiger partial charge in [-0.1, -0.05) is 24.3 Å². The summed E-state index contributed by atoms with van der Waals surface area (Å²) in [6, 6.07) is 13.4. The molecule has 0 radical (unpaired) electrons. The van der Waals surface area contributed by atoms with Gasteiger partial charge in [0, 0.05) is 11.8 Å². The second-order valence-electron chi connectivity index (χ2n) is 7.17. The van der Waals surface area contributed by atoms with Crippen molar-refractivity contribution in [1.29, 1.82) is 0 Å². The molecule has 1 aliphatic heterocycles. The highest BCUT2D eigenvalue weighted by Gasteiger charge is 2.40. The minimum atomic E-state index is -1.18. The van der Waals surface area contributed by atoms with Crippen LogP contribution in [0.1, 0.15) is 16.7 Å². The van der Waals surface area contributed by atoms with Crippen molar-refractivity contribution >= 4 is 28.8 Å². The molecule has 0 bridgehead atoms. The van der Waals surface area contributed by atoms with Crippen LogP contribution in [0.15, 0.2) is 66.4 Å². The van der Waals surface area contributed by atoms with Crippen molar-refractivity contribution in [2.75, 3.05) is 10.2 Å². The van der Waals surface area contributed by atoms with E-state index in [1.54, 1.807) is 12.1 Å². The Bertz CT molecular complexity index is 1250. The van der Waals surface area contributed by atoms with Crippen LogP contribution in [-0.2, 0) is 9.59 Å². The van der Waals surface area contributed by atoms with Crippen LogP contribution in [0.2, 0.25) is 0 Å². The summed E-state index contributed by atoms with van der Waals surface area (Å²) in [5.41, 5.74) is 2.65. The number of anilines is 2. The zero-order chi connectivity index (χ0) is 22.3. The summed E-state index contributed by atoms with van der Waals surface area (Å²) in [6.07, 6.45) is 0. The van der Waals surface area contributed by atoms with Gasteiger partial charge in [-0.25, -0.2) is 18.1 Å². The van der Waals surface area contributed by atoms with Gasteiger partial charge in [-0.15, -0.1) is 0 Å². The van der Waals surface area contributed by atoms with Gasteiger partial charge in [0.25, 0.3) is 11.8 Å². The number of hydrogen-bond donors (Lipinski definition) is 1. The Morgan fingerprint density at radius 3 is 2.19 bits per heavy atom. The molecule has 4 rings (SSSR count). The lowest BCUT2D eigenvalue weighted by molar-refractivity contribution is -0.120. The second kappa shape index (κ2) is 7.75. The predicted octanol–water partition coefficient (Wildman–Crippen LogP) is 5.12. The standard InChI is InChI=1S/C24H17F3N2O2/c1-13-4-3-5-20(14(13)2)28-22-21(15-6-8-16(25)9-7-15)23(30)29(24(22)31)17-10-11-18(26)19(27)12-17/h3-12,28H,1-2H3. The molecule has 31 heavy (non-hydrogen) atoms. The first kappa shape index (κ1) is 20.4. The second-order valence-corrected chi connectivity index (χ2v) is 7.17. The zero-order valence-electron chi connectivity index (χ0n) is 16.7. The van der Waals surface area contributed by atoms with Crippen molar-refractivity contribution in [1.82, 2.24) is 0 Å². The monoisotopic (exact) mass is 422 g/mol. The Morgan fingerprint density at radius 1 is 0.806 bits per heavy atom. The van der Waals surface area contributed by atoms with Crippen LogP contribution in [0.25, 0.3) is 5.57 Å². The van der Waals surface area contributed by atoms with Gasteiger partial charge in [0.1, 0.15) is 11.5 Å². The lowest BCUT2D eigenvalue weighted by Gasteiger charge is -2.16. The smallest absolute Gasteiger partial charge is 0.282 e. The van der Waals surface area contributed by atoms with Gasteiger partial charge in [0.2, 0.25) is 0 Å². The van der Waals surface area contributed by atoms with E-state index < -0.39 is 29.3 Å². The summed E-state index contributed by atoms with van der Waals surface area (Å²) in [5, 5.41) is 3.03. The largest absolute Gasteiger partial charge is 0.350 e. The first-order valence-electron chi connectivity index (χ1n) is 9.45. The molecule has 0 fully saturated rings. The molecule has 0 saturated heterocycles. The quantitative estimate of drug-likeness (QED) is 0.594. The highest BCUT2D eigenvalue weighted by Crippen LogP contribution is 2.35. The van der Waals surface area contributed by atoms with Gasteiger partial charge >= 0.3 is 0 Å². The predicted molar refractivity (Wildman–Crippen MR) is 112 cm³/mol. The van der Waals surface area contributed by atoms with Crippen molar-refractivity contribution in [2.45, 2.75) is 13.8 Å². The Kier molecular flexibility index (Phi) is 5.10. The number of amides is 2. The molecule has 0 unspecified atom stereocenters. The number of carbonyl (C=O) groups excluding carboxylic acids is 2. The topological polar surface area (TPSA) is 49.4 Å². The highest BCUT2D eigenvalue weighted by molar-refractivity contribution is 6.46. The fourth-order valence-electron chi connectivity index (χ4n) is 3.41. The van der Waals surface area contributed by atoms with Crippen molar-refractivity contribution in [3.63, 3.8) is 0 Å². The maximum Gasteiger partial charge on any atom is 0.282 e. The van der Waals surface area contributed by atoms with E-state index in [2.05, 4.69) is 5.32 Å².